The minimum Gasteiger partial charge on any atom is -0.379 e. The zero-order chi connectivity index (χ0) is 20.5. The van der Waals surface area contributed by atoms with Crippen LogP contribution in [0.1, 0.15) is 43.9 Å². The molecule has 28 heavy (non-hydrogen) atoms. The van der Waals surface area contributed by atoms with Crippen molar-refractivity contribution in [3.05, 3.63) is 39.5 Å². The number of morpholine rings is 1. The van der Waals surface area contributed by atoms with Gasteiger partial charge in [0.25, 0.3) is 15.9 Å². The largest absolute Gasteiger partial charge is 0.379 e. The molecule has 0 spiro atoms. The van der Waals surface area contributed by atoms with Crippen molar-refractivity contribution in [2.75, 3.05) is 26.3 Å². The van der Waals surface area contributed by atoms with Gasteiger partial charge in [0.1, 0.15) is 9.90 Å². The smallest absolute Gasteiger partial charge is 0.268 e. The number of ketones is 1. The number of carbonyl (C=O) groups excluding carboxylic acids is 2. The standard InChI is InChI=1S/C18H23N3O5S2/c1-11-16(13(3)22)12(2)20-17(11)18(23)19-10-14-4-5-15(27-14)28(24,25)21-6-8-26-9-7-21/h4-5,20H,6-10H2,1-3H3,(H,19,23). The molecule has 2 N–H and O–H groups in total. The summed E-state index contributed by atoms with van der Waals surface area (Å²) in [4.78, 5) is 27.9. The lowest BCUT2D eigenvalue weighted by atomic mass is 10.1. The lowest BCUT2D eigenvalue weighted by Gasteiger charge is -2.25. The van der Waals surface area contributed by atoms with Crippen LogP contribution < -0.4 is 5.32 Å². The summed E-state index contributed by atoms with van der Waals surface area (Å²) in [5.41, 5.74) is 2.15. The third kappa shape index (κ3) is 4.04. The van der Waals surface area contributed by atoms with Gasteiger partial charge in [-0.25, -0.2) is 8.42 Å². The summed E-state index contributed by atoms with van der Waals surface area (Å²) in [6, 6.07) is 3.26. The molecule has 0 atom stereocenters. The molecule has 0 aliphatic carbocycles. The average Bonchev–Trinajstić information content (AvgIpc) is 3.25. The van der Waals surface area contributed by atoms with Crippen LogP contribution >= 0.6 is 11.3 Å². The van der Waals surface area contributed by atoms with E-state index < -0.39 is 10.0 Å². The number of hydrogen-bond acceptors (Lipinski definition) is 6. The van der Waals surface area contributed by atoms with E-state index in [-0.39, 0.29) is 22.4 Å². The fourth-order valence-corrected chi connectivity index (χ4v) is 6.12. The maximum atomic E-state index is 12.7. The molecule has 0 unspecified atom stereocenters. The fourth-order valence-electron chi connectivity index (χ4n) is 3.27. The highest BCUT2D eigenvalue weighted by Crippen LogP contribution is 2.26. The van der Waals surface area contributed by atoms with E-state index >= 15 is 0 Å². The zero-order valence-electron chi connectivity index (χ0n) is 16.0. The van der Waals surface area contributed by atoms with E-state index in [9.17, 15) is 18.0 Å². The van der Waals surface area contributed by atoms with Gasteiger partial charge in [-0.3, -0.25) is 9.59 Å². The summed E-state index contributed by atoms with van der Waals surface area (Å²) in [6.07, 6.45) is 0. The minimum absolute atomic E-state index is 0.0958. The minimum atomic E-state index is -3.53. The summed E-state index contributed by atoms with van der Waals surface area (Å²) in [7, 11) is -3.53. The third-order valence-corrected chi connectivity index (χ3v) is 8.09. The monoisotopic (exact) mass is 425 g/mol. The van der Waals surface area contributed by atoms with Crippen LogP contribution in [-0.4, -0.2) is 55.7 Å². The number of nitrogens with zero attached hydrogens (tertiary/aromatic N) is 1. The molecule has 1 amide bonds. The molecule has 3 heterocycles. The van der Waals surface area contributed by atoms with Crippen LogP contribution in [0.4, 0.5) is 0 Å². The molecule has 0 bridgehead atoms. The van der Waals surface area contributed by atoms with Crippen molar-refractivity contribution >= 4 is 33.1 Å². The van der Waals surface area contributed by atoms with E-state index in [4.69, 9.17) is 4.74 Å². The van der Waals surface area contributed by atoms with Crippen molar-refractivity contribution in [2.24, 2.45) is 0 Å². The highest BCUT2D eigenvalue weighted by molar-refractivity contribution is 7.91. The summed E-state index contributed by atoms with van der Waals surface area (Å²) in [5, 5.41) is 2.78. The number of Topliss-reactive ketones (excluding diaryl/α,β-unsaturated/α-hetero) is 1. The number of thiophene rings is 1. The maximum Gasteiger partial charge on any atom is 0.268 e. The van der Waals surface area contributed by atoms with Crippen LogP contribution in [0.5, 0.6) is 0 Å². The van der Waals surface area contributed by atoms with Crippen molar-refractivity contribution in [1.29, 1.82) is 0 Å². The van der Waals surface area contributed by atoms with E-state index in [1.807, 2.05) is 0 Å². The van der Waals surface area contributed by atoms with E-state index in [0.717, 1.165) is 16.2 Å². The van der Waals surface area contributed by atoms with Gasteiger partial charge in [0.15, 0.2) is 5.78 Å². The molecule has 8 nitrogen and oxygen atoms in total. The lowest BCUT2D eigenvalue weighted by Crippen LogP contribution is -2.40. The summed E-state index contributed by atoms with van der Waals surface area (Å²) < 4.78 is 32.2. The van der Waals surface area contributed by atoms with Crippen molar-refractivity contribution < 1.29 is 22.7 Å². The Morgan fingerprint density at radius 3 is 2.54 bits per heavy atom. The fraction of sp³-hybridized carbons (Fsp3) is 0.444. The van der Waals surface area contributed by atoms with Crippen LogP contribution in [0.2, 0.25) is 0 Å². The molecule has 10 heteroatoms. The Kier molecular flexibility index (Phi) is 6.04. The first-order valence-corrected chi connectivity index (χ1v) is 11.1. The van der Waals surface area contributed by atoms with Gasteiger partial charge in [-0.1, -0.05) is 0 Å². The molecular weight excluding hydrogens is 402 g/mol. The molecule has 1 aliphatic heterocycles. The second-order valence-corrected chi connectivity index (χ2v) is 9.93. The predicted molar refractivity (Wildman–Crippen MR) is 105 cm³/mol. The normalized spacial score (nSPS) is 15.5. The van der Waals surface area contributed by atoms with Gasteiger partial charge in [-0.2, -0.15) is 4.31 Å². The van der Waals surface area contributed by atoms with Gasteiger partial charge in [0.2, 0.25) is 0 Å². The first kappa shape index (κ1) is 20.7. The first-order chi connectivity index (χ1) is 13.2. The van der Waals surface area contributed by atoms with Crippen molar-refractivity contribution in [2.45, 2.75) is 31.5 Å². The molecule has 0 saturated carbocycles. The van der Waals surface area contributed by atoms with Gasteiger partial charge < -0.3 is 15.0 Å². The van der Waals surface area contributed by atoms with E-state index in [1.165, 1.54) is 11.2 Å². The van der Waals surface area contributed by atoms with E-state index in [0.29, 0.717) is 48.8 Å². The number of aryl methyl sites for hydroxylation is 1. The molecular formula is C18H23N3O5S2. The molecule has 1 aliphatic rings. The van der Waals surface area contributed by atoms with Crippen LogP contribution in [0.3, 0.4) is 0 Å². The van der Waals surface area contributed by atoms with Gasteiger partial charge in [0, 0.05) is 29.2 Å². The van der Waals surface area contributed by atoms with E-state index in [2.05, 4.69) is 10.3 Å². The number of amides is 1. The molecule has 1 saturated heterocycles. The number of rotatable bonds is 6. The summed E-state index contributed by atoms with van der Waals surface area (Å²) in [6.45, 7) is 6.62. The number of H-pyrrole nitrogens is 1. The number of nitrogens with one attached hydrogen (secondary N) is 2. The number of sulfonamides is 1. The molecule has 0 aromatic carbocycles. The number of aromatic amines is 1. The molecule has 2 aromatic heterocycles. The van der Waals surface area contributed by atoms with Crippen LogP contribution in [-0.2, 0) is 21.3 Å². The van der Waals surface area contributed by atoms with Gasteiger partial charge in [-0.15, -0.1) is 11.3 Å². The van der Waals surface area contributed by atoms with Crippen LogP contribution in [0, 0.1) is 13.8 Å². The average molecular weight is 426 g/mol. The van der Waals surface area contributed by atoms with Crippen molar-refractivity contribution in [3.63, 3.8) is 0 Å². The molecule has 152 valence electrons. The lowest BCUT2D eigenvalue weighted by molar-refractivity contribution is 0.0731. The molecule has 2 aromatic rings. The van der Waals surface area contributed by atoms with Gasteiger partial charge in [0.05, 0.1) is 19.8 Å². The highest BCUT2D eigenvalue weighted by Gasteiger charge is 2.28. The number of carbonyl (C=O) groups is 2. The zero-order valence-corrected chi connectivity index (χ0v) is 17.6. The van der Waals surface area contributed by atoms with Crippen molar-refractivity contribution in [1.82, 2.24) is 14.6 Å². The number of aromatic nitrogens is 1. The van der Waals surface area contributed by atoms with E-state index in [1.54, 1.807) is 26.0 Å². The quantitative estimate of drug-likeness (QED) is 0.687. The number of ether oxygens (including phenoxy) is 1. The van der Waals surface area contributed by atoms with Crippen LogP contribution in [0.15, 0.2) is 16.3 Å². The summed E-state index contributed by atoms with van der Waals surface area (Å²) in [5.74, 6) is -0.430. The Bertz CT molecular complexity index is 1000. The Morgan fingerprint density at radius 2 is 1.93 bits per heavy atom. The number of hydrogen-bond donors (Lipinski definition) is 2. The Labute approximate surface area is 167 Å². The predicted octanol–water partition coefficient (Wildman–Crippen LogP) is 1.85. The Hall–Kier alpha value is -2.01. The molecule has 0 radical (unpaired) electrons. The third-order valence-electron chi connectivity index (χ3n) is 4.64. The first-order valence-electron chi connectivity index (χ1n) is 8.86. The molecule has 3 rings (SSSR count). The second-order valence-electron chi connectivity index (χ2n) is 6.60. The van der Waals surface area contributed by atoms with Gasteiger partial charge in [-0.05, 0) is 38.5 Å². The highest BCUT2D eigenvalue weighted by atomic mass is 32.2. The molecule has 1 fully saturated rings. The van der Waals surface area contributed by atoms with Gasteiger partial charge >= 0.3 is 0 Å². The Morgan fingerprint density at radius 1 is 1.25 bits per heavy atom. The summed E-state index contributed by atoms with van der Waals surface area (Å²) >= 11 is 1.14. The maximum absolute atomic E-state index is 12.7. The van der Waals surface area contributed by atoms with Crippen LogP contribution in [0.25, 0.3) is 0 Å². The SMILES string of the molecule is CC(=O)c1c(C)[nH]c(C(=O)NCc2ccc(S(=O)(=O)N3CCOCC3)s2)c1C. The van der Waals surface area contributed by atoms with Crippen molar-refractivity contribution in [3.8, 4) is 0 Å². The second kappa shape index (κ2) is 8.16. The Balaban J connectivity index is 1.68. The topological polar surface area (TPSA) is 109 Å².